The Balaban J connectivity index is 2.83. The van der Waals surface area contributed by atoms with Gasteiger partial charge >= 0.3 is 0 Å². The Bertz CT molecular complexity index is 456. The number of hydrogen-bond donors (Lipinski definition) is 2. The third-order valence-electron chi connectivity index (χ3n) is 3.32. The van der Waals surface area contributed by atoms with Crippen LogP contribution in [0.4, 0.5) is 0 Å². The monoisotopic (exact) mass is 264 g/mol. The number of carbonyl (C=O) groups excluding carboxylic acids is 1. The molecule has 0 heterocycles. The molecule has 0 bridgehead atoms. The van der Waals surface area contributed by atoms with E-state index >= 15 is 0 Å². The van der Waals surface area contributed by atoms with Crippen LogP contribution in [0.25, 0.3) is 0 Å². The molecule has 4 heteroatoms. The molecule has 0 saturated heterocycles. The van der Waals surface area contributed by atoms with Crippen LogP contribution in [0.1, 0.15) is 29.2 Å². The summed E-state index contributed by atoms with van der Waals surface area (Å²) < 4.78 is 5.48. The Labute approximate surface area is 115 Å². The number of nitrogens with one attached hydrogen (secondary N) is 2. The van der Waals surface area contributed by atoms with Gasteiger partial charge in [0.25, 0.3) is 0 Å². The second kappa shape index (κ2) is 7.14. The molecule has 1 aromatic rings. The smallest absolute Gasteiger partial charge is 0.234 e. The molecule has 0 aliphatic rings. The van der Waals surface area contributed by atoms with Gasteiger partial charge in [-0.15, -0.1) is 0 Å². The van der Waals surface area contributed by atoms with Gasteiger partial charge in [-0.25, -0.2) is 0 Å². The molecule has 19 heavy (non-hydrogen) atoms. The second-order valence-electron chi connectivity index (χ2n) is 4.70. The summed E-state index contributed by atoms with van der Waals surface area (Å²) >= 11 is 0. The van der Waals surface area contributed by atoms with Gasteiger partial charge in [-0.05, 0) is 44.0 Å². The molecule has 0 fully saturated rings. The van der Waals surface area contributed by atoms with Crippen LogP contribution in [0.5, 0.6) is 5.75 Å². The zero-order valence-corrected chi connectivity index (χ0v) is 12.5. The number of ether oxygens (including phenoxy) is 1. The average molecular weight is 264 g/mol. The number of aryl methyl sites for hydroxylation is 2. The molecule has 2 N–H and O–H groups in total. The molecule has 0 radical (unpaired) electrons. The van der Waals surface area contributed by atoms with E-state index in [1.54, 1.807) is 7.11 Å². The van der Waals surface area contributed by atoms with Crippen molar-refractivity contribution in [2.75, 3.05) is 20.2 Å². The van der Waals surface area contributed by atoms with Crippen molar-refractivity contribution < 1.29 is 9.53 Å². The van der Waals surface area contributed by atoms with E-state index in [1.807, 2.05) is 20.8 Å². The lowest BCUT2D eigenvalue weighted by Crippen LogP contribution is -2.33. The predicted octanol–water partition coefficient (Wildman–Crippen LogP) is 1.85. The molecule has 4 nitrogen and oxygen atoms in total. The topological polar surface area (TPSA) is 50.4 Å². The highest BCUT2D eigenvalue weighted by molar-refractivity contribution is 5.78. The van der Waals surface area contributed by atoms with Crippen molar-refractivity contribution in [3.8, 4) is 5.75 Å². The number of likely N-dealkylation sites (N-methyl/N-ethyl adjacent to an activating group) is 1. The largest absolute Gasteiger partial charge is 0.496 e. The lowest BCUT2D eigenvalue weighted by Gasteiger charge is -2.17. The number of methoxy groups -OCH3 is 1. The van der Waals surface area contributed by atoms with E-state index in [0.29, 0.717) is 13.1 Å². The fraction of sp³-hybridized carbons (Fsp3) is 0.533. The first-order chi connectivity index (χ1) is 9.01. The summed E-state index contributed by atoms with van der Waals surface area (Å²) in [4.78, 5) is 11.6. The first-order valence-corrected chi connectivity index (χ1v) is 6.62. The normalized spacial score (nSPS) is 10.4. The predicted molar refractivity (Wildman–Crippen MR) is 77.6 cm³/mol. The first-order valence-electron chi connectivity index (χ1n) is 6.62. The maximum atomic E-state index is 11.6. The van der Waals surface area contributed by atoms with Gasteiger partial charge in [-0.1, -0.05) is 13.0 Å². The summed E-state index contributed by atoms with van der Waals surface area (Å²) in [6.07, 6.45) is 0. The maximum absolute atomic E-state index is 11.6. The van der Waals surface area contributed by atoms with Crippen LogP contribution >= 0.6 is 0 Å². The quantitative estimate of drug-likeness (QED) is 0.824. The standard InChI is InChI=1S/C15H24N2O2/c1-6-16-9-14(18)17-8-13-11(3)7-10(2)12(4)15(13)19-5/h7,16H,6,8-9H2,1-5H3,(H,17,18). The van der Waals surface area contributed by atoms with Gasteiger partial charge in [0.2, 0.25) is 5.91 Å². The van der Waals surface area contributed by atoms with E-state index < -0.39 is 0 Å². The average Bonchev–Trinajstić information content (AvgIpc) is 2.38. The van der Waals surface area contributed by atoms with E-state index in [0.717, 1.165) is 29.0 Å². The van der Waals surface area contributed by atoms with Crippen LogP contribution < -0.4 is 15.4 Å². The molecule has 0 aliphatic carbocycles. The Morgan fingerprint density at radius 3 is 2.53 bits per heavy atom. The molecule has 106 valence electrons. The van der Waals surface area contributed by atoms with Crippen LogP contribution in [-0.4, -0.2) is 26.1 Å². The van der Waals surface area contributed by atoms with Crippen molar-refractivity contribution in [2.24, 2.45) is 0 Å². The maximum Gasteiger partial charge on any atom is 0.234 e. The molecule has 1 aromatic carbocycles. The number of carbonyl (C=O) groups is 1. The fourth-order valence-electron chi connectivity index (χ4n) is 2.09. The van der Waals surface area contributed by atoms with Gasteiger partial charge in [0.05, 0.1) is 13.7 Å². The van der Waals surface area contributed by atoms with Crippen molar-refractivity contribution in [3.63, 3.8) is 0 Å². The zero-order valence-electron chi connectivity index (χ0n) is 12.5. The van der Waals surface area contributed by atoms with Crippen LogP contribution in [0, 0.1) is 20.8 Å². The number of benzene rings is 1. The van der Waals surface area contributed by atoms with Crippen molar-refractivity contribution >= 4 is 5.91 Å². The number of amides is 1. The fourth-order valence-corrected chi connectivity index (χ4v) is 2.09. The van der Waals surface area contributed by atoms with Crippen LogP contribution in [0.2, 0.25) is 0 Å². The summed E-state index contributed by atoms with van der Waals surface area (Å²) in [5, 5.41) is 5.92. The van der Waals surface area contributed by atoms with Crippen molar-refractivity contribution in [3.05, 3.63) is 28.3 Å². The minimum absolute atomic E-state index is 0.00142. The van der Waals surface area contributed by atoms with E-state index in [-0.39, 0.29) is 5.91 Å². The minimum Gasteiger partial charge on any atom is -0.496 e. The molecular formula is C15H24N2O2. The summed E-state index contributed by atoms with van der Waals surface area (Å²) in [6.45, 7) is 9.77. The van der Waals surface area contributed by atoms with Gasteiger partial charge in [0.15, 0.2) is 0 Å². The van der Waals surface area contributed by atoms with Gasteiger partial charge in [-0.2, -0.15) is 0 Å². The molecule has 1 rings (SSSR count). The summed E-state index contributed by atoms with van der Waals surface area (Å²) in [5.74, 6) is 0.878. The molecular weight excluding hydrogens is 240 g/mol. The Morgan fingerprint density at radius 1 is 1.26 bits per heavy atom. The highest BCUT2D eigenvalue weighted by Crippen LogP contribution is 2.29. The number of hydrogen-bond acceptors (Lipinski definition) is 3. The zero-order chi connectivity index (χ0) is 14.4. The van der Waals surface area contributed by atoms with Gasteiger partial charge in [0, 0.05) is 12.1 Å². The molecule has 0 spiro atoms. The van der Waals surface area contributed by atoms with E-state index in [2.05, 4.69) is 23.6 Å². The van der Waals surface area contributed by atoms with Gasteiger partial charge in [0.1, 0.15) is 5.75 Å². The van der Waals surface area contributed by atoms with Crippen molar-refractivity contribution in [2.45, 2.75) is 34.2 Å². The lowest BCUT2D eigenvalue weighted by molar-refractivity contribution is -0.120. The van der Waals surface area contributed by atoms with Crippen molar-refractivity contribution in [1.82, 2.24) is 10.6 Å². The Morgan fingerprint density at radius 2 is 1.95 bits per heavy atom. The molecule has 0 atom stereocenters. The highest BCUT2D eigenvalue weighted by Gasteiger charge is 2.13. The highest BCUT2D eigenvalue weighted by atomic mass is 16.5. The molecule has 0 aliphatic heterocycles. The van der Waals surface area contributed by atoms with Gasteiger partial charge in [-0.3, -0.25) is 4.79 Å². The van der Waals surface area contributed by atoms with Crippen LogP contribution in [0.3, 0.4) is 0 Å². The first kappa shape index (κ1) is 15.5. The molecule has 1 amide bonds. The summed E-state index contributed by atoms with van der Waals surface area (Å²) in [6, 6.07) is 2.13. The third-order valence-corrected chi connectivity index (χ3v) is 3.32. The summed E-state index contributed by atoms with van der Waals surface area (Å²) in [5.41, 5.74) is 4.53. The Kier molecular flexibility index (Phi) is 5.83. The van der Waals surface area contributed by atoms with Crippen molar-refractivity contribution in [1.29, 1.82) is 0 Å². The second-order valence-corrected chi connectivity index (χ2v) is 4.70. The van der Waals surface area contributed by atoms with Crippen LogP contribution in [0.15, 0.2) is 6.07 Å². The SMILES string of the molecule is CCNCC(=O)NCc1c(C)cc(C)c(C)c1OC. The molecule has 0 aromatic heterocycles. The Hall–Kier alpha value is -1.55. The van der Waals surface area contributed by atoms with Gasteiger partial charge < -0.3 is 15.4 Å². The van der Waals surface area contributed by atoms with E-state index in [1.165, 1.54) is 5.56 Å². The van der Waals surface area contributed by atoms with E-state index in [4.69, 9.17) is 4.74 Å². The minimum atomic E-state index is 0.00142. The number of rotatable bonds is 6. The summed E-state index contributed by atoms with van der Waals surface area (Å²) in [7, 11) is 1.67. The van der Waals surface area contributed by atoms with Crippen LogP contribution in [-0.2, 0) is 11.3 Å². The molecule has 0 saturated carbocycles. The lowest BCUT2D eigenvalue weighted by atomic mass is 9.99. The third kappa shape index (κ3) is 3.96. The molecule has 0 unspecified atom stereocenters. The van der Waals surface area contributed by atoms with E-state index in [9.17, 15) is 4.79 Å².